The van der Waals surface area contributed by atoms with E-state index >= 15 is 0 Å². The highest BCUT2D eigenvalue weighted by Gasteiger charge is 2.24. The number of rotatable bonds is 2. The van der Waals surface area contributed by atoms with E-state index < -0.39 is 0 Å². The Bertz CT molecular complexity index is 959. The van der Waals surface area contributed by atoms with Crippen LogP contribution >= 0.6 is 0 Å². The number of hydrogen-bond acceptors (Lipinski definition) is 3. The highest BCUT2D eigenvalue weighted by molar-refractivity contribution is 5.90. The molecule has 24 heavy (non-hydrogen) atoms. The predicted molar refractivity (Wildman–Crippen MR) is 96.4 cm³/mol. The molecule has 3 aromatic rings. The van der Waals surface area contributed by atoms with Gasteiger partial charge in [-0.15, -0.1) is 0 Å². The van der Waals surface area contributed by atoms with Crippen LogP contribution in [0, 0.1) is 6.92 Å². The number of allylic oxidation sites excluding steroid dienone is 1. The van der Waals surface area contributed by atoms with E-state index in [0.29, 0.717) is 5.88 Å². The molecule has 0 radical (unpaired) electrons. The maximum absolute atomic E-state index is 6.08. The van der Waals surface area contributed by atoms with E-state index in [4.69, 9.17) is 15.2 Å². The zero-order chi connectivity index (χ0) is 16.7. The molecule has 0 aromatic heterocycles. The van der Waals surface area contributed by atoms with E-state index in [2.05, 4.69) is 43.3 Å². The van der Waals surface area contributed by atoms with Crippen molar-refractivity contribution in [3.63, 3.8) is 0 Å². The highest BCUT2D eigenvalue weighted by Crippen LogP contribution is 2.42. The lowest BCUT2D eigenvalue weighted by atomic mass is 9.87. The van der Waals surface area contributed by atoms with Gasteiger partial charge in [0.2, 0.25) is 0 Å². The minimum Gasteiger partial charge on any atom is -0.496 e. The summed E-state index contributed by atoms with van der Waals surface area (Å²) in [6, 6.07) is 18.7. The Kier molecular flexibility index (Phi) is 3.42. The summed E-state index contributed by atoms with van der Waals surface area (Å²) in [6.07, 6.45) is 1.97. The van der Waals surface area contributed by atoms with E-state index in [1.54, 1.807) is 7.11 Å². The Morgan fingerprint density at radius 2 is 1.88 bits per heavy atom. The summed E-state index contributed by atoms with van der Waals surface area (Å²) in [7, 11) is 1.69. The normalized spacial score (nSPS) is 16.2. The second-order valence-electron chi connectivity index (χ2n) is 6.08. The van der Waals surface area contributed by atoms with Crippen molar-refractivity contribution >= 4 is 10.8 Å². The molecule has 3 heteroatoms. The molecule has 0 fully saturated rings. The zero-order valence-electron chi connectivity index (χ0n) is 13.7. The minimum atomic E-state index is 0.0722. The van der Waals surface area contributed by atoms with Crippen LogP contribution in [-0.2, 0) is 0 Å². The molecule has 1 unspecified atom stereocenters. The topological polar surface area (TPSA) is 44.5 Å². The van der Waals surface area contributed by atoms with Gasteiger partial charge >= 0.3 is 0 Å². The summed E-state index contributed by atoms with van der Waals surface area (Å²) in [5, 5.41) is 2.23. The van der Waals surface area contributed by atoms with Crippen LogP contribution in [0.25, 0.3) is 10.8 Å². The van der Waals surface area contributed by atoms with Gasteiger partial charge in [-0.05, 0) is 35.6 Å². The number of nitrogens with two attached hydrogens (primary N) is 1. The summed E-state index contributed by atoms with van der Waals surface area (Å²) in [4.78, 5) is 0. The maximum Gasteiger partial charge on any atom is 0.187 e. The summed E-state index contributed by atoms with van der Waals surface area (Å²) >= 11 is 0. The standard InChI is InChI=1S/C21H19NO2/c1-13-11-15(8-10-19(13)23-2)18-12-20(22)24-21-16-6-4-3-5-14(16)7-9-17(18)21/h3-12,18H,22H2,1-2H3. The van der Waals surface area contributed by atoms with Gasteiger partial charge in [0.05, 0.1) is 7.11 Å². The van der Waals surface area contributed by atoms with Crippen LogP contribution in [0.15, 0.2) is 66.6 Å². The van der Waals surface area contributed by atoms with Gasteiger partial charge in [-0.2, -0.15) is 0 Å². The third kappa shape index (κ3) is 2.29. The first-order valence-corrected chi connectivity index (χ1v) is 7.98. The van der Waals surface area contributed by atoms with Crippen LogP contribution in [0.2, 0.25) is 0 Å². The molecule has 1 heterocycles. The van der Waals surface area contributed by atoms with Crippen LogP contribution in [0.4, 0.5) is 0 Å². The average molecular weight is 317 g/mol. The number of benzene rings is 3. The molecule has 0 saturated carbocycles. The Balaban J connectivity index is 1.90. The summed E-state index contributed by atoms with van der Waals surface area (Å²) < 4.78 is 11.3. The van der Waals surface area contributed by atoms with Crippen LogP contribution in [0.3, 0.4) is 0 Å². The first-order chi connectivity index (χ1) is 11.7. The molecule has 4 rings (SSSR count). The third-order valence-electron chi connectivity index (χ3n) is 4.57. The lowest BCUT2D eigenvalue weighted by molar-refractivity contribution is 0.403. The Labute approximate surface area is 141 Å². The maximum atomic E-state index is 6.08. The van der Waals surface area contributed by atoms with Gasteiger partial charge in [-0.3, -0.25) is 0 Å². The lowest BCUT2D eigenvalue weighted by Gasteiger charge is -2.25. The van der Waals surface area contributed by atoms with Crippen molar-refractivity contribution in [3.8, 4) is 11.5 Å². The van der Waals surface area contributed by atoms with Gasteiger partial charge in [0.1, 0.15) is 11.5 Å². The van der Waals surface area contributed by atoms with E-state index in [9.17, 15) is 0 Å². The van der Waals surface area contributed by atoms with E-state index in [1.807, 2.05) is 24.3 Å². The van der Waals surface area contributed by atoms with Crippen LogP contribution < -0.4 is 15.2 Å². The molecule has 2 N–H and O–H groups in total. The molecular formula is C21H19NO2. The van der Waals surface area contributed by atoms with E-state index in [1.165, 1.54) is 5.56 Å². The molecule has 0 bridgehead atoms. The number of fused-ring (bicyclic) bond motifs is 3. The van der Waals surface area contributed by atoms with Crippen molar-refractivity contribution in [1.82, 2.24) is 0 Å². The Morgan fingerprint density at radius 1 is 1.04 bits per heavy atom. The number of hydrogen-bond donors (Lipinski definition) is 1. The third-order valence-corrected chi connectivity index (χ3v) is 4.57. The fourth-order valence-corrected chi connectivity index (χ4v) is 3.40. The molecule has 0 amide bonds. The Morgan fingerprint density at radius 3 is 2.67 bits per heavy atom. The fraction of sp³-hybridized carbons (Fsp3) is 0.143. The SMILES string of the molecule is COc1ccc(C2C=C(N)Oc3c2ccc2ccccc32)cc1C. The average Bonchev–Trinajstić information content (AvgIpc) is 2.61. The van der Waals surface area contributed by atoms with E-state index in [0.717, 1.165) is 33.4 Å². The minimum absolute atomic E-state index is 0.0722. The van der Waals surface area contributed by atoms with Crippen molar-refractivity contribution in [1.29, 1.82) is 0 Å². The van der Waals surface area contributed by atoms with Crippen molar-refractivity contribution in [2.75, 3.05) is 7.11 Å². The molecule has 120 valence electrons. The van der Waals surface area contributed by atoms with Crippen LogP contribution in [0.5, 0.6) is 11.5 Å². The van der Waals surface area contributed by atoms with Crippen molar-refractivity contribution in [2.24, 2.45) is 5.73 Å². The summed E-state index contributed by atoms with van der Waals surface area (Å²) in [5.41, 5.74) is 9.49. The largest absolute Gasteiger partial charge is 0.496 e. The highest BCUT2D eigenvalue weighted by atomic mass is 16.5. The molecule has 3 aromatic carbocycles. The van der Waals surface area contributed by atoms with Crippen LogP contribution in [0.1, 0.15) is 22.6 Å². The van der Waals surface area contributed by atoms with Crippen molar-refractivity contribution < 1.29 is 9.47 Å². The zero-order valence-corrected chi connectivity index (χ0v) is 13.7. The second-order valence-corrected chi connectivity index (χ2v) is 6.08. The predicted octanol–water partition coefficient (Wildman–Crippen LogP) is 4.48. The molecule has 1 aliphatic heterocycles. The molecule has 0 saturated heterocycles. The summed E-state index contributed by atoms with van der Waals surface area (Å²) in [6.45, 7) is 2.05. The Hall–Kier alpha value is -2.94. The lowest BCUT2D eigenvalue weighted by Crippen LogP contribution is -2.16. The van der Waals surface area contributed by atoms with Gasteiger partial charge in [-0.25, -0.2) is 0 Å². The van der Waals surface area contributed by atoms with Crippen LogP contribution in [-0.4, -0.2) is 7.11 Å². The smallest absolute Gasteiger partial charge is 0.187 e. The second kappa shape index (κ2) is 5.60. The molecular weight excluding hydrogens is 298 g/mol. The molecule has 0 spiro atoms. The first-order valence-electron chi connectivity index (χ1n) is 7.98. The van der Waals surface area contributed by atoms with Gasteiger partial charge in [-0.1, -0.05) is 48.5 Å². The molecule has 1 aliphatic rings. The van der Waals surface area contributed by atoms with Gasteiger partial charge in [0.15, 0.2) is 5.88 Å². The van der Waals surface area contributed by atoms with Gasteiger partial charge in [0, 0.05) is 16.9 Å². The monoisotopic (exact) mass is 317 g/mol. The number of methoxy groups -OCH3 is 1. The fourth-order valence-electron chi connectivity index (χ4n) is 3.40. The molecule has 1 atom stereocenters. The van der Waals surface area contributed by atoms with Gasteiger partial charge in [0.25, 0.3) is 0 Å². The quantitative estimate of drug-likeness (QED) is 0.758. The molecule has 0 aliphatic carbocycles. The number of aryl methyl sites for hydroxylation is 1. The van der Waals surface area contributed by atoms with Crippen molar-refractivity contribution in [2.45, 2.75) is 12.8 Å². The molecule has 3 nitrogen and oxygen atoms in total. The van der Waals surface area contributed by atoms with E-state index in [-0.39, 0.29) is 5.92 Å². The van der Waals surface area contributed by atoms with Gasteiger partial charge < -0.3 is 15.2 Å². The van der Waals surface area contributed by atoms with Crippen molar-refractivity contribution in [3.05, 3.63) is 83.2 Å². The summed E-state index contributed by atoms with van der Waals surface area (Å²) in [5.74, 6) is 2.26. The first kappa shape index (κ1) is 14.6. The number of ether oxygens (including phenoxy) is 2.